The Kier molecular flexibility index (Phi) is 4.45. The van der Waals surface area contributed by atoms with Gasteiger partial charge in [0.2, 0.25) is 0 Å². The minimum atomic E-state index is -4.07. The number of rotatable bonds is 3. The van der Waals surface area contributed by atoms with Gasteiger partial charge in [0, 0.05) is 37.2 Å². The molecule has 0 spiro atoms. The number of hydrogen-bond donors (Lipinski definition) is 1. The van der Waals surface area contributed by atoms with Crippen molar-refractivity contribution in [2.75, 3.05) is 23.3 Å². The van der Waals surface area contributed by atoms with Crippen molar-refractivity contribution in [3.05, 3.63) is 48.8 Å². The van der Waals surface area contributed by atoms with Crippen LogP contribution in [0.1, 0.15) is 12.8 Å². The third-order valence-electron chi connectivity index (χ3n) is 5.20. The number of anilines is 3. The summed E-state index contributed by atoms with van der Waals surface area (Å²) < 4.78 is 40.4. The first-order valence-electron chi connectivity index (χ1n) is 9.00. The second-order valence-electron chi connectivity index (χ2n) is 7.03. The van der Waals surface area contributed by atoms with Crippen LogP contribution in [0, 0.1) is 5.92 Å². The highest BCUT2D eigenvalue weighted by Gasteiger charge is 2.41. The molecule has 1 saturated heterocycles. The van der Waals surface area contributed by atoms with Crippen LogP contribution in [-0.4, -0.2) is 28.8 Å². The lowest BCUT2D eigenvalue weighted by Gasteiger charge is -2.34. The number of alkyl halides is 3. The molecule has 2 aromatic carbocycles. The molecular formula is C20H21F3N4. The summed E-state index contributed by atoms with van der Waals surface area (Å²) in [7, 11) is 1.95. The van der Waals surface area contributed by atoms with Gasteiger partial charge in [-0.2, -0.15) is 13.2 Å². The molecule has 7 heteroatoms. The second-order valence-corrected chi connectivity index (χ2v) is 7.03. The maximum Gasteiger partial charge on any atom is 0.391 e. The van der Waals surface area contributed by atoms with Crippen LogP contribution in [-0.2, 0) is 7.05 Å². The van der Waals surface area contributed by atoms with Crippen LogP contribution in [0.5, 0.6) is 0 Å². The fraction of sp³-hybridized carbons (Fsp3) is 0.350. The molecule has 4 nitrogen and oxygen atoms in total. The third kappa shape index (κ3) is 3.72. The van der Waals surface area contributed by atoms with Crippen LogP contribution in [0.4, 0.5) is 30.2 Å². The molecule has 0 unspecified atom stereocenters. The Hall–Kier alpha value is -2.70. The van der Waals surface area contributed by atoms with E-state index in [1.807, 2.05) is 59.0 Å². The summed E-state index contributed by atoms with van der Waals surface area (Å²) in [6, 6.07) is 13.8. The minimum Gasteiger partial charge on any atom is -0.372 e. The maximum absolute atomic E-state index is 12.8. The quantitative estimate of drug-likeness (QED) is 0.693. The third-order valence-corrected chi connectivity index (χ3v) is 5.20. The molecule has 4 rings (SSSR count). The molecule has 1 fully saturated rings. The van der Waals surface area contributed by atoms with E-state index in [1.54, 1.807) is 6.33 Å². The first kappa shape index (κ1) is 17.7. The number of fused-ring (bicyclic) bond motifs is 1. The number of benzene rings is 2. The van der Waals surface area contributed by atoms with Crippen molar-refractivity contribution >= 4 is 28.1 Å². The van der Waals surface area contributed by atoms with Crippen molar-refractivity contribution in [1.82, 2.24) is 9.55 Å². The Morgan fingerprint density at radius 2 is 1.67 bits per heavy atom. The van der Waals surface area contributed by atoms with Crippen LogP contribution in [0.25, 0.3) is 11.0 Å². The zero-order chi connectivity index (χ0) is 19.0. The summed E-state index contributed by atoms with van der Waals surface area (Å²) in [6.45, 7) is 0.877. The summed E-state index contributed by atoms with van der Waals surface area (Å²) >= 11 is 0. The molecule has 0 radical (unpaired) electrons. The van der Waals surface area contributed by atoms with Crippen LogP contribution in [0.3, 0.4) is 0 Å². The van der Waals surface area contributed by atoms with Crippen molar-refractivity contribution in [1.29, 1.82) is 0 Å². The van der Waals surface area contributed by atoms with Crippen LogP contribution < -0.4 is 10.2 Å². The van der Waals surface area contributed by atoms with Crippen molar-refractivity contribution in [2.24, 2.45) is 13.0 Å². The lowest BCUT2D eigenvalue weighted by molar-refractivity contribution is -0.179. The SMILES string of the molecule is Cn1cnc2ccc(Nc3ccc(N4CCC(C(F)(F)F)CC4)cc3)cc21. The smallest absolute Gasteiger partial charge is 0.372 e. The van der Waals surface area contributed by atoms with Gasteiger partial charge in [0.05, 0.1) is 23.3 Å². The van der Waals surface area contributed by atoms with Gasteiger partial charge in [-0.15, -0.1) is 0 Å². The number of piperidine rings is 1. The molecule has 0 atom stereocenters. The van der Waals surface area contributed by atoms with Gasteiger partial charge in [0.15, 0.2) is 0 Å². The topological polar surface area (TPSA) is 33.1 Å². The van der Waals surface area contributed by atoms with Gasteiger partial charge in [-0.25, -0.2) is 4.98 Å². The van der Waals surface area contributed by atoms with Crippen LogP contribution in [0.15, 0.2) is 48.8 Å². The van der Waals surface area contributed by atoms with E-state index in [-0.39, 0.29) is 12.8 Å². The van der Waals surface area contributed by atoms with Crippen molar-refractivity contribution < 1.29 is 13.2 Å². The maximum atomic E-state index is 12.8. The van der Waals surface area contributed by atoms with E-state index in [0.29, 0.717) is 13.1 Å². The summed E-state index contributed by atoms with van der Waals surface area (Å²) in [5.74, 6) is -1.17. The van der Waals surface area contributed by atoms with E-state index in [0.717, 1.165) is 28.1 Å². The molecule has 0 saturated carbocycles. The van der Waals surface area contributed by atoms with Crippen LogP contribution >= 0.6 is 0 Å². The zero-order valence-electron chi connectivity index (χ0n) is 15.0. The molecule has 0 amide bonds. The molecule has 1 aliphatic rings. The van der Waals surface area contributed by atoms with Gasteiger partial charge < -0.3 is 14.8 Å². The monoisotopic (exact) mass is 374 g/mol. The minimum absolute atomic E-state index is 0.161. The molecule has 142 valence electrons. The first-order chi connectivity index (χ1) is 12.9. The van der Waals surface area contributed by atoms with Gasteiger partial charge in [0.1, 0.15) is 0 Å². The van der Waals surface area contributed by atoms with E-state index in [1.165, 1.54) is 0 Å². The fourth-order valence-electron chi connectivity index (χ4n) is 3.59. The molecule has 1 aliphatic heterocycles. The standard InChI is InChI=1S/C20H21F3N4/c1-26-13-24-18-7-4-16(12-19(18)26)25-15-2-5-17(6-3-15)27-10-8-14(9-11-27)20(21,22)23/h2-7,12-14,25H,8-11H2,1H3. The molecular weight excluding hydrogens is 353 g/mol. The van der Waals surface area contributed by atoms with Gasteiger partial charge in [-0.1, -0.05) is 0 Å². The number of nitrogens with zero attached hydrogens (tertiary/aromatic N) is 3. The number of hydrogen-bond acceptors (Lipinski definition) is 3. The summed E-state index contributed by atoms with van der Waals surface area (Å²) in [4.78, 5) is 6.33. The van der Waals surface area contributed by atoms with E-state index in [2.05, 4.69) is 10.3 Å². The van der Waals surface area contributed by atoms with Crippen LogP contribution in [0.2, 0.25) is 0 Å². The van der Waals surface area contributed by atoms with Gasteiger partial charge in [-0.3, -0.25) is 0 Å². The Morgan fingerprint density at radius 1 is 1.00 bits per heavy atom. The lowest BCUT2D eigenvalue weighted by Crippen LogP contribution is -2.38. The van der Waals surface area contributed by atoms with Gasteiger partial charge in [0.25, 0.3) is 0 Å². The number of aryl methyl sites for hydroxylation is 1. The Bertz CT molecular complexity index is 923. The van der Waals surface area contributed by atoms with E-state index < -0.39 is 12.1 Å². The average molecular weight is 374 g/mol. The molecule has 0 aliphatic carbocycles. The van der Waals surface area contributed by atoms with Crippen molar-refractivity contribution in [3.8, 4) is 0 Å². The van der Waals surface area contributed by atoms with Crippen molar-refractivity contribution in [2.45, 2.75) is 19.0 Å². The Labute approximate surface area is 155 Å². The Morgan fingerprint density at radius 3 is 2.33 bits per heavy atom. The molecule has 0 bridgehead atoms. The van der Waals surface area contributed by atoms with Gasteiger partial charge in [-0.05, 0) is 55.3 Å². The van der Waals surface area contributed by atoms with Gasteiger partial charge >= 0.3 is 6.18 Å². The molecule has 1 N–H and O–H groups in total. The Balaban J connectivity index is 1.42. The highest BCUT2D eigenvalue weighted by molar-refractivity contribution is 5.81. The number of halogens is 3. The first-order valence-corrected chi connectivity index (χ1v) is 9.00. The normalized spacial score (nSPS) is 16.1. The highest BCUT2D eigenvalue weighted by Crippen LogP contribution is 2.35. The second kappa shape index (κ2) is 6.79. The van der Waals surface area contributed by atoms with Crippen molar-refractivity contribution in [3.63, 3.8) is 0 Å². The van der Waals surface area contributed by atoms with E-state index in [9.17, 15) is 13.2 Å². The number of imidazole rings is 1. The summed E-state index contributed by atoms with van der Waals surface area (Å²) in [6.07, 6.45) is -1.97. The highest BCUT2D eigenvalue weighted by atomic mass is 19.4. The summed E-state index contributed by atoms with van der Waals surface area (Å²) in [5.41, 5.74) is 4.85. The molecule has 2 heterocycles. The largest absolute Gasteiger partial charge is 0.391 e. The molecule has 1 aromatic heterocycles. The van der Waals surface area contributed by atoms with E-state index in [4.69, 9.17) is 0 Å². The predicted octanol–water partition coefficient (Wildman–Crippen LogP) is 5.10. The number of nitrogens with one attached hydrogen (secondary N) is 1. The summed E-state index contributed by atoms with van der Waals surface area (Å²) in [5, 5.41) is 3.36. The zero-order valence-corrected chi connectivity index (χ0v) is 15.0. The fourth-order valence-corrected chi connectivity index (χ4v) is 3.59. The predicted molar refractivity (Wildman–Crippen MR) is 101 cm³/mol. The molecule has 27 heavy (non-hydrogen) atoms. The number of aromatic nitrogens is 2. The lowest BCUT2D eigenvalue weighted by atomic mass is 9.96. The average Bonchev–Trinajstić information content (AvgIpc) is 3.02. The van der Waals surface area contributed by atoms with E-state index >= 15 is 0 Å². The molecule has 3 aromatic rings.